The Morgan fingerprint density at radius 3 is 2.65 bits per heavy atom. The molecule has 17 heavy (non-hydrogen) atoms. The van der Waals surface area contributed by atoms with E-state index in [1.165, 1.54) is 0 Å². The molecule has 1 unspecified atom stereocenters. The topological polar surface area (TPSA) is 47.3 Å². The first-order valence-electron chi connectivity index (χ1n) is 6.03. The van der Waals surface area contributed by atoms with Gasteiger partial charge in [0.15, 0.2) is 0 Å². The monoisotopic (exact) mass is 260 g/mol. The molecule has 0 aliphatic rings. The van der Waals surface area contributed by atoms with Crippen molar-refractivity contribution in [1.82, 2.24) is 9.78 Å². The maximum absolute atomic E-state index is 10.3. The predicted molar refractivity (Wildman–Crippen MR) is 68.1 cm³/mol. The lowest BCUT2D eigenvalue weighted by atomic mass is 9.94. The molecule has 0 spiro atoms. The average Bonchev–Trinajstić information content (AvgIpc) is 2.69. The highest BCUT2D eigenvalue weighted by Gasteiger charge is 2.24. The first-order chi connectivity index (χ1) is 8.15. The van der Waals surface area contributed by atoms with E-state index in [4.69, 9.17) is 16.3 Å². The second kappa shape index (κ2) is 6.99. The maximum atomic E-state index is 10.3. The Morgan fingerprint density at radius 1 is 1.47 bits per heavy atom. The molecule has 5 heteroatoms. The van der Waals surface area contributed by atoms with Crippen molar-refractivity contribution in [2.75, 3.05) is 13.7 Å². The molecule has 1 aromatic rings. The zero-order chi connectivity index (χ0) is 12.8. The molecule has 0 bridgehead atoms. The second-order valence-electron chi connectivity index (χ2n) is 4.12. The van der Waals surface area contributed by atoms with E-state index in [1.54, 1.807) is 18.0 Å². The minimum atomic E-state index is -0.558. The van der Waals surface area contributed by atoms with Crippen molar-refractivity contribution in [3.05, 3.63) is 16.9 Å². The van der Waals surface area contributed by atoms with Gasteiger partial charge in [0.05, 0.1) is 36.2 Å². The highest BCUT2D eigenvalue weighted by Crippen LogP contribution is 2.31. The molecular weight excluding hydrogens is 240 g/mol. The zero-order valence-corrected chi connectivity index (χ0v) is 11.4. The molecule has 1 N–H and O–H groups in total. The van der Waals surface area contributed by atoms with Crippen molar-refractivity contribution in [2.45, 2.75) is 39.3 Å². The van der Waals surface area contributed by atoms with Gasteiger partial charge in [0.1, 0.15) is 0 Å². The van der Waals surface area contributed by atoms with Crippen molar-refractivity contribution in [3.63, 3.8) is 0 Å². The van der Waals surface area contributed by atoms with Gasteiger partial charge in [0, 0.05) is 7.11 Å². The Morgan fingerprint density at radius 2 is 2.12 bits per heavy atom. The van der Waals surface area contributed by atoms with E-state index in [2.05, 4.69) is 18.9 Å². The van der Waals surface area contributed by atoms with Crippen molar-refractivity contribution >= 4 is 11.6 Å². The van der Waals surface area contributed by atoms with E-state index in [-0.39, 0.29) is 5.92 Å². The first-order valence-corrected chi connectivity index (χ1v) is 6.41. The predicted octanol–water partition coefficient (Wildman–Crippen LogP) is 2.65. The average molecular weight is 261 g/mol. The summed E-state index contributed by atoms with van der Waals surface area (Å²) in [4.78, 5) is 0. The fraction of sp³-hybridized carbons (Fsp3) is 0.750. The van der Waals surface area contributed by atoms with E-state index in [1.807, 2.05) is 0 Å². The molecule has 1 atom stereocenters. The lowest BCUT2D eigenvalue weighted by Crippen LogP contribution is -2.18. The van der Waals surface area contributed by atoms with Crippen molar-refractivity contribution in [2.24, 2.45) is 5.92 Å². The highest BCUT2D eigenvalue weighted by molar-refractivity contribution is 6.31. The van der Waals surface area contributed by atoms with Gasteiger partial charge in [-0.15, -0.1) is 0 Å². The molecule has 0 aliphatic heterocycles. The number of ether oxygens (including phenoxy) is 1. The number of nitrogens with zero attached hydrogens (tertiary/aromatic N) is 2. The summed E-state index contributed by atoms with van der Waals surface area (Å²) in [5, 5.41) is 15.0. The van der Waals surface area contributed by atoms with E-state index in [0.717, 1.165) is 12.8 Å². The van der Waals surface area contributed by atoms with Crippen molar-refractivity contribution in [3.8, 4) is 0 Å². The summed E-state index contributed by atoms with van der Waals surface area (Å²) >= 11 is 6.09. The molecule has 0 saturated carbocycles. The van der Waals surface area contributed by atoms with Crippen LogP contribution in [-0.2, 0) is 11.3 Å². The molecule has 0 aliphatic carbocycles. The third-order valence-corrected chi connectivity index (χ3v) is 3.41. The summed E-state index contributed by atoms with van der Waals surface area (Å²) in [6.07, 6.45) is 2.86. The van der Waals surface area contributed by atoms with Crippen LogP contribution in [0.4, 0.5) is 0 Å². The number of hydrogen-bond acceptors (Lipinski definition) is 3. The lowest BCUT2D eigenvalue weighted by Gasteiger charge is -2.21. The molecule has 1 rings (SSSR count). The third-order valence-electron chi connectivity index (χ3n) is 3.12. The number of halogens is 1. The minimum Gasteiger partial charge on any atom is -0.386 e. The fourth-order valence-corrected chi connectivity index (χ4v) is 2.23. The Kier molecular flexibility index (Phi) is 5.95. The molecule has 0 fully saturated rings. The zero-order valence-electron chi connectivity index (χ0n) is 10.7. The highest BCUT2D eigenvalue weighted by atomic mass is 35.5. The second-order valence-corrected chi connectivity index (χ2v) is 4.52. The quantitative estimate of drug-likeness (QED) is 0.820. The van der Waals surface area contributed by atoms with E-state index < -0.39 is 6.10 Å². The molecule has 0 amide bonds. The largest absolute Gasteiger partial charge is 0.386 e. The third kappa shape index (κ3) is 3.44. The molecule has 0 radical (unpaired) electrons. The van der Waals surface area contributed by atoms with Crippen LogP contribution in [0.25, 0.3) is 0 Å². The number of aliphatic hydroxyl groups is 1. The van der Waals surface area contributed by atoms with Crippen LogP contribution < -0.4 is 0 Å². The van der Waals surface area contributed by atoms with Crippen molar-refractivity contribution in [1.29, 1.82) is 0 Å². The van der Waals surface area contributed by atoms with E-state index in [9.17, 15) is 5.11 Å². The summed E-state index contributed by atoms with van der Waals surface area (Å²) in [5.74, 6) is 0.213. The molecule has 4 nitrogen and oxygen atoms in total. The van der Waals surface area contributed by atoms with Crippen LogP contribution in [0.2, 0.25) is 5.02 Å². The standard InChI is InChI=1S/C12H21ClN2O2/c1-4-9(5-2)12(16)11-10(13)8-14-15(11)6-7-17-3/h8-9,12,16H,4-7H2,1-3H3. The number of aromatic nitrogens is 2. The van der Waals surface area contributed by atoms with Crippen LogP contribution in [0.5, 0.6) is 0 Å². The smallest absolute Gasteiger partial charge is 0.0999 e. The van der Waals surface area contributed by atoms with Crippen LogP contribution in [0.1, 0.15) is 38.5 Å². The molecule has 0 aromatic carbocycles. The van der Waals surface area contributed by atoms with Crippen LogP contribution >= 0.6 is 11.6 Å². The Hall–Kier alpha value is -0.580. The minimum absolute atomic E-state index is 0.213. The normalized spacial score (nSPS) is 13.3. The maximum Gasteiger partial charge on any atom is 0.0999 e. The number of rotatable bonds is 7. The van der Waals surface area contributed by atoms with Gasteiger partial charge in [-0.25, -0.2) is 0 Å². The molecule has 0 saturated heterocycles. The van der Waals surface area contributed by atoms with Gasteiger partial charge in [-0.1, -0.05) is 38.3 Å². The van der Waals surface area contributed by atoms with Gasteiger partial charge >= 0.3 is 0 Å². The van der Waals surface area contributed by atoms with Crippen LogP contribution in [0, 0.1) is 5.92 Å². The molecule has 1 aromatic heterocycles. The Balaban J connectivity index is 2.90. The molecule has 98 valence electrons. The summed E-state index contributed by atoms with van der Waals surface area (Å²) in [6, 6.07) is 0. The van der Waals surface area contributed by atoms with Gasteiger partial charge in [-0.3, -0.25) is 4.68 Å². The van der Waals surface area contributed by atoms with Crippen LogP contribution in [0.3, 0.4) is 0 Å². The molecule has 1 heterocycles. The van der Waals surface area contributed by atoms with Gasteiger partial charge < -0.3 is 9.84 Å². The van der Waals surface area contributed by atoms with Crippen molar-refractivity contribution < 1.29 is 9.84 Å². The summed E-state index contributed by atoms with van der Waals surface area (Å²) in [7, 11) is 1.64. The lowest BCUT2D eigenvalue weighted by molar-refractivity contribution is 0.0913. The van der Waals surface area contributed by atoms with E-state index >= 15 is 0 Å². The summed E-state index contributed by atoms with van der Waals surface area (Å²) in [5.41, 5.74) is 0.706. The number of aliphatic hydroxyl groups excluding tert-OH is 1. The summed E-state index contributed by atoms with van der Waals surface area (Å²) < 4.78 is 6.75. The summed E-state index contributed by atoms with van der Waals surface area (Å²) in [6.45, 7) is 5.30. The number of methoxy groups -OCH3 is 1. The first kappa shape index (κ1) is 14.5. The number of hydrogen-bond donors (Lipinski definition) is 1. The van der Waals surface area contributed by atoms with E-state index in [0.29, 0.717) is 23.9 Å². The van der Waals surface area contributed by atoms with Crippen LogP contribution in [-0.4, -0.2) is 28.6 Å². The van der Waals surface area contributed by atoms with Crippen LogP contribution in [0.15, 0.2) is 6.20 Å². The van der Waals surface area contributed by atoms with Gasteiger partial charge in [-0.2, -0.15) is 5.10 Å². The fourth-order valence-electron chi connectivity index (χ4n) is 1.98. The Labute approximate surface area is 108 Å². The van der Waals surface area contributed by atoms with Gasteiger partial charge in [-0.05, 0) is 5.92 Å². The SMILES string of the molecule is CCC(CC)C(O)c1c(Cl)cnn1CCOC. The van der Waals surface area contributed by atoms with Gasteiger partial charge in [0.25, 0.3) is 0 Å². The Bertz CT molecular complexity index is 337. The van der Waals surface area contributed by atoms with Gasteiger partial charge in [0.2, 0.25) is 0 Å². The molecular formula is C12H21ClN2O2.